The first kappa shape index (κ1) is 13.2. The smallest absolute Gasteiger partial charge is 0.304 e. The van der Waals surface area contributed by atoms with Gasteiger partial charge in [0.25, 0.3) is 0 Å². The van der Waals surface area contributed by atoms with E-state index in [4.69, 9.17) is 10.8 Å². The molecule has 0 aromatic carbocycles. The van der Waals surface area contributed by atoms with Crippen LogP contribution in [0, 0.1) is 6.92 Å². The Morgan fingerprint density at radius 2 is 2.31 bits per heavy atom. The van der Waals surface area contributed by atoms with E-state index in [1.807, 2.05) is 32.2 Å². The van der Waals surface area contributed by atoms with Crippen molar-refractivity contribution in [1.29, 1.82) is 0 Å². The maximum Gasteiger partial charge on any atom is 0.304 e. The summed E-state index contributed by atoms with van der Waals surface area (Å²) in [7, 11) is 0. The molecule has 0 aliphatic rings. The molecule has 1 heterocycles. The second kappa shape index (κ2) is 4.97. The lowest BCUT2D eigenvalue weighted by atomic mass is 9.76. The Kier molecular flexibility index (Phi) is 4.10. The van der Waals surface area contributed by atoms with Gasteiger partial charge in [0.2, 0.25) is 0 Å². The molecule has 16 heavy (non-hydrogen) atoms. The Bertz CT molecular complexity index is 375. The summed E-state index contributed by atoms with van der Waals surface area (Å²) in [4.78, 5) is 12.1. The molecule has 0 radical (unpaired) electrons. The normalized spacial score (nSPS) is 16.8. The molecule has 3 N–H and O–H groups in total. The van der Waals surface area contributed by atoms with Crippen molar-refractivity contribution in [3.8, 4) is 0 Å². The Hall–Kier alpha value is -0.870. The van der Waals surface area contributed by atoms with Crippen molar-refractivity contribution in [1.82, 2.24) is 0 Å². The Morgan fingerprint density at radius 1 is 1.69 bits per heavy atom. The van der Waals surface area contributed by atoms with Crippen molar-refractivity contribution in [2.75, 3.05) is 0 Å². The number of carboxylic acids is 1. The second-order valence-electron chi connectivity index (χ2n) is 4.44. The number of hydrogen-bond acceptors (Lipinski definition) is 3. The molecule has 0 spiro atoms. The molecule has 3 nitrogen and oxygen atoms in total. The number of carboxylic acid groups (broad SMARTS) is 1. The molecule has 1 aromatic heterocycles. The largest absolute Gasteiger partial charge is 0.481 e. The summed E-state index contributed by atoms with van der Waals surface area (Å²) in [6, 6.07) is 1.89. The number of hydrogen-bond donors (Lipinski definition) is 2. The predicted molar refractivity (Wildman–Crippen MR) is 66.9 cm³/mol. The van der Waals surface area contributed by atoms with Gasteiger partial charge < -0.3 is 10.8 Å². The summed E-state index contributed by atoms with van der Waals surface area (Å²) < 4.78 is 0. The number of carbonyl (C=O) groups is 1. The lowest BCUT2D eigenvalue weighted by Gasteiger charge is -2.33. The summed E-state index contributed by atoms with van der Waals surface area (Å²) >= 11 is 1.60. The molecular weight excluding hydrogens is 222 g/mol. The number of aliphatic carboxylic acids is 1. The third kappa shape index (κ3) is 2.44. The molecular formula is C12H19NO2S. The Morgan fingerprint density at radius 3 is 2.69 bits per heavy atom. The predicted octanol–water partition coefficient (Wildman–Crippen LogP) is 2.53. The fourth-order valence-electron chi connectivity index (χ4n) is 2.10. The summed E-state index contributed by atoms with van der Waals surface area (Å²) in [5.74, 6) is -0.792. The number of nitrogens with two attached hydrogens (primary N) is 1. The van der Waals surface area contributed by atoms with Crippen LogP contribution in [0.1, 0.15) is 37.1 Å². The van der Waals surface area contributed by atoms with E-state index in [1.54, 1.807) is 11.3 Å². The molecule has 0 fully saturated rings. The zero-order valence-corrected chi connectivity index (χ0v) is 10.8. The van der Waals surface area contributed by atoms with Gasteiger partial charge in [-0.15, -0.1) is 11.3 Å². The molecule has 90 valence electrons. The SMILES string of the molecule is CCC(N)C(C)(CC(=O)O)c1sccc1C. The average Bonchev–Trinajstić information content (AvgIpc) is 2.62. The maximum absolute atomic E-state index is 11.0. The highest BCUT2D eigenvalue weighted by Gasteiger charge is 2.37. The van der Waals surface area contributed by atoms with Crippen molar-refractivity contribution >= 4 is 17.3 Å². The van der Waals surface area contributed by atoms with Crippen molar-refractivity contribution in [3.63, 3.8) is 0 Å². The third-order valence-corrected chi connectivity index (χ3v) is 4.45. The molecule has 4 heteroatoms. The fraction of sp³-hybridized carbons (Fsp3) is 0.583. The highest BCUT2D eigenvalue weighted by Crippen LogP contribution is 2.37. The van der Waals surface area contributed by atoms with Gasteiger partial charge in [0.15, 0.2) is 0 Å². The lowest BCUT2D eigenvalue weighted by Crippen LogP contribution is -2.44. The first-order valence-electron chi connectivity index (χ1n) is 5.43. The summed E-state index contributed by atoms with van der Waals surface area (Å²) in [5.41, 5.74) is 6.78. The fourth-order valence-corrected chi connectivity index (χ4v) is 3.26. The van der Waals surface area contributed by atoms with Crippen LogP contribution >= 0.6 is 11.3 Å². The van der Waals surface area contributed by atoms with Gasteiger partial charge in [-0.3, -0.25) is 4.79 Å². The molecule has 2 unspecified atom stereocenters. The van der Waals surface area contributed by atoms with Crippen LogP contribution in [-0.4, -0.2) is 17.1 Å². The van der Waals surface area contributed by atoms with Crippen LogP contribution in [0.25, 0.3) is 0 Å². The van der Waals surface area contributed by atoms with Crippen LogP contribution in [0.15, 0.2) is 11.4 Å². The highest BCUT2D eigenvalue weighted by molar-refractivity contribution is 7.10. The molecule has 0 amide bonds. The topological polar surface area (TPSA) is 63.3 Å². The van der Waals surface area contributed by atoms with Crippen molar-refractivity contribution < 1.29 is 9.90 Å². The molecule has 2 atom stereocenters. The maximum atomic E-state index is 11.0. The minimum Gasteiger partial charge on any atom is -0.481 e. The van der Waals surface area contributed by atoms with E-state index >= 15 is 0 Å². The van der Waals surface area contributed by atoms with Gasteiger partial charge in [0.05, 0.1) is 6.42 Å². The van der Waals surface area contributed by atoms with E-state index in [0.29, 0.717) is 0 Å². The first-order valence-corrected chi connectivity index (χ1v) is 6.31. The zero-order chi connectivity index (χ0) is 12.3. The molecule has 0 aliphatic carbocycles. The zero-order valence-electron chi connectivity index (χ0n) is 9.99. The van der Waals surface area contributed by atoms with Crippen LogP contribution in [0.4, 0.5) is 0 Å². The second-order valence-corrected chi connectivity index (χ2v) is 5.35. The van der Waals surface area contributed by atoms with Gasteiger partial charge in [-0.2, -0.15) is 0 Å². The van der Waals surface area contributed by atoms with Gasteiger partial charge in [-0.25, -0.2) is 0 Å². The highest BCUT2D eigenvalue weighted by atomic mass is 32.1. The monoisotopic (exact) mass is 241 g/mol. The molecule has 1 rings (SSSR count). The minimum absolute atomic E-state index is 0.0867. The molecule has 1 aromatic rings. The van der Waals surface area contributed by atoms with E-state index in [1.165, 1.54) is 0 Å². The number of rotatable bonds is 5. The summed E-state index contributed by atoms with van der Waals surface area (Å²) in [6.07, 6.45) is 0.866. The van der Waals surface area contributed by atoms with Crippen LogP contribution in [0.3, 0.4) is 0 Å². The summed E-state index contributed by atoms with van der Waals surface area (Å²) in [5, 5.41) is 11.0. The van der Waals surface area contributed by atoms with Gasteiger partial charge in [-0.1, -0.05) is 13.8 Å². The van der Waals surface area contributed by atoms with Gasteiger partial charge in [-0.05, 0) is 30.4 Å². The van der Waals surface area contributed by atoms with Crippen LogP contribution < -0.4 is 5.73 Å². The van der Waals surface area contributed by atoms with Crippen LogP contribution in [0.2, 0.25) is 0 Å². The molecule has 0 saturated heterocycles. The van der Waals surface area contributed by atoms with Crippen molar-refractivity contribution in [2.45, 2.75) is 45.1 Å². The van der Waals surface area contributed by atoms with Crippen LogP contribution in [-0.2, 0) is 10.2 Å². The van der Waals surface area contributed by atoms with Gasteiger partial charge >= 0.3 is 5.97 Å². The summed E-state index contributed by atoms with van der Waals surface area (Å²) in [6.45, 7) is 5.95. The van der Waals surface area contributed by atoms with E-state index in [0.717, 1.165) is 16.9 Å². The first-order chi connectivity index (χ1) is 7.41. The molecule has 0 aliphatic heterocycles. The van der Waals surface area contributed by atoms with Gasteiger partial charge in [0.1, 0.15) is 0 Å². The van der Waals surface area contributed by atoms with Crippen molar-refractivity contribution in [3.05, 3.63) is 21.9 Å². The van der Waals surface area contributed by atoms with Gasteiger partial charge in [0, 0.05) is 16.3 Å². The van der Waals surface area contributed by atoms with Crippen molar-refractivity contribution in [2.24, 2.45) is 5.73 Å². The van der Waals surface area contributed by atoms with E-state index in [9.17, 15) is 4.79 Å². The standard InChI is InChI=1S/C12H19NO2S/c1-4-9(13)12(3,7-10(14)15)11-8(2)5-6-16-11/h5-6,9H,4,7,13H2,1-3H3,(H,14,15). The van der Waals surface area contributed by atoms with E-state index in [2.05, 4.69) is 0 Å². The Labute approximate surface area is 100 Å². The quantitative estimate of drug-likeness (QED) is 0.832. The Balaban J connectivity index is 3.14. The number of thiophene rings is 1. The molecule has 0 saturated carbocycles. The van der Waals surface area contributed by atoms with E-state index in [-0.39, 0.29) is 12.5 Å². The third-order valence-electron chi connectivity index (χ3n) is 3.16. The minimum atomic E-state index is -0.792. The average molecular weight is 241 g/mol. The number of aryl methyl sites for hydroxylation is 1. The van der Waals surface area contributed by atoms with E-state index < -0.39 is 11.4 Å². The van der Waals surface area contributed by atoms with Crippen LogP contribution in [0.5, 0.6) is 0 Å². The lowest BCUT2D eigenvalue weighted by molar-refractivity contribution is -0.138. The molecule has 0 bridgehead atoms.